The van der Waals surface area contributed by atoms with Crippen molar-refractivity contribution in [3.05, 3.63) is 28.2 Å². The van der Waals surface area contributed by atoms with E-state index in [0.29, 0.717) is 0 Å². The van der Waals surface area contributed by atoms with Crippen LogP contribution in [0.3, 0.4) is 0 Å². The van der Waals surface area contributed by atoms with Gasteiger partial charge in [0.05, 0.1) is 11.2 Å². The average Bonchev–Trinajstić information content (AvgIpc) is 2.89. The first kappa shape index (κ1) is 14.7. The maximum atomic E-state index is 4.32. The van der Waals surface area contributed by atoms with Crippen LogP contribution in [-0.2, 0) is 6.54 Å². The molecule has 0 unspecified atom stereocenters. The number of rotatable bonds is 6. The molecule has 0 bridgehead atoms. The highest BCUT2D eigenvalue weighted by Crippen LogP contribution is 2.20. The third-order valence-corrected chi connectivity index (χ3v) is 4.61. The number of likely N-dealkylation sites (tertiary alicyclic amines) is 1. The van der Waals surface area contributed by atoms with Gasteiger partial charge in [-0.2, -0.15) is 0 Å². The summed E-state index contributed by atoms with van der Waals surface area (Å²) in [5.41, 5.74) is 4.41. The minimum Gasteiger partial charge on any atom is -0.301 e. The Morgan fingerprint density at radius 1 is 1.63 bits per heavy atom. The average molecular weight is 279 g/mol. The van der Waals surface area contributed by atoms with E-state index in [1.165, 1.54) is 42.2 Å². The summed E-state index contributed by atoms with van der Waals surface area (Å²) < 4.78 is 0. The lowest BCUT2D eigenvalue weighted by molar-refractivity contribution is 0.263. The van der Waals surface area contributed by atoms with Crippen molar-refractivity contribution in [3.63, 3.8) is 0 Å². The number of nitrogens with zero attached hydrogens (tertiary/aromatic N) is 3. The summed E-state index contributed by atoms with van der Waals surface area (Å²) in [6, 6.07) is 0. The van der Waals surface area contributed by atoms with Crippen LogP contribution in [0.25, 0.3) is 0 Å². The predicted octanol–water partition coefficient (Wildman–Crippen LogP) is 2.78. The fourth-order valence-corrected chi connectivity index (χ4v) is 3.67. The van der Waals surface area contributed by atoms with Crippen LogP contribution in [0.15, 0.2) is 17.7 Å². The van der Waals surface area contributed by atoms with E-state index < -0.39 is 0 Å². The van der Waals surface area contributed by atoms with Crippen molar-refractivity contribution in [2.24, 2.45) is 5.92 Å². The van der Waals surface area contributed by atoms with E-state index >= 15 is 0 Å². The second kappa shape index (κ2) is 6.64. The number of hydrogen-bond acceptors (Lipinski definition) is 4. The summed E-state index contributed by atoms with van der Waals surface area (Å²) in [7, 11) is 2.22. The Kier molecular flexibility index (Phi) is 5.13. The molecule has 1 fully saturated rings. The van der Waals surface area contributed by atoms with E-state index in [2.05, 4.69) is 42.3 Å². The molecule has 1 aromatic rings. The number of hydrogen-bond donors (Lipinski definition) is 0. The first-order chi connectivity index (χ1) is 9.04. The van der Waals surface area contributed by atoms with Crippen molar-refractivity contribution >= 4 is 11.3 Å². The first-order valence-corrected chi connectivity index (χ1v) is 7.87. The van der Waals surface area contributed by atoms with Crippen molar-refractivity contribution in [1.29, 1.82) is 0 Å². The maximum Gasteiger partial charge on any atom is 0.0798 e. The Balaban J connectivity index is 1.76. The zero-order valence-electron chi connectivity index (χ0n) is 12.4. The molecule has 19 heavy (non-hydrogen) atoms. The van der Waals surface area contributed by atoms with Crippen LogP contribution in [0.5, 0.6) is 0 Å². The van der Waals surface area contributed by atoms with Gasteiger partial charge in [-0.1, -0.05) is 12.2 Å². The van der Waals surface area contributed by atoms with Crippen LogP contribution >= 0.6 is 11.3 Å². The quantitative estimate of drug-likeness (QED) is 0.747. The molecular formula is C15H25N3S. The third-order valence-electron chi connectivity index (χ3n) is 3.69. The van der Waals surface area contributed by atoms with Gasteiger partial charge in [0.25, 0.3) is 0 Å². The van der Waals surface area contributed by atoms with Gasteiger partial charge in [-0.25, -0.2) is 4.98 Å². The summed E-state index contributed by atoms with van der Waals surface area (Å²) in [6.07, 6.45) is 1.32. The van der Waals surface area contributed by atoms with Gasteiger partial charge < -0.3 is 4.90 Å². The highest BCUT2D eigenvalue weighted by molar-refractivity contribution is 7.09. The Morgan fingerprint density at radius 3 is 3.05 bits per heavy atom. The minimum atomic E-state index is 0.803. The Morgan fingerprint density at radius 2 is 2.42 bits per heavy atom. The van der Waals surface area contributed by atoms with E-state index in [-0.39, 0.29) is 0 Å². The molecule has 0 amide bonds. The monoisotopic (exact) mass is 279 g/mol. The molecule has 1 aromatic heterocycles. The van der Waals surface area contributed by atoms with E-state index in [1.54, 1.807) is 11.3 Å². The molecule has 3 nitrogen and oxygen atoms in total. The second-order valence-electron chi connectivity index (χ2n) is 5.90. The lowest BCUT2D eigenvalue weighted by Gasteiger charge is -2.21. The molecule has 0 aromatic carbocycles. The Hall–Kier alpha value is -0.710. The zero-order chi connectivity index (χ0) is 13.8. The van der Waals surface area contributed by atoms with Crippen molar-refractivity contribution in [3.8, 4) is 0 Å². The highest BCUT2D eigenvalue weighted by atomic mass is 32.1. The highest BCUT2D eigenvalue weighted by Gasteiger charge is 2.23. The molecule has 2 heterocycles. The largest absolute Gasteiger partial charge is 0.301 e. The molecule has 2 rings (SSSR count). The Bertz CT molecular complexity index is 427. The van der Waals surface area contributed by atoms with Crippen molar-refractivity contribution in [2.45, 2.75) is 26.8 Å². The molecule has 106 valence electrons. The number of aryl methyl sites for hydroxylation is 1. The molecule has 1 atom stereocenters. The van der Waals surface area contributed by atoms with Gasteiger partial charge in [-0.15, -0.1) is 11.3 Å². The van der Waals surface area contributed by atoms with Crippen LogP contribution in [0.4, 0.5) is 0 Å². The van der Waals surface area contributed by atoms with Gasteiger partial charge in [-0.05, 0) is 39.8 Å². The molecule has 0 radical (unpaired) electrons. The summed E-state index contributed by atoms with van der Waals surface area (Å²) in [5.74, 6) is 0.803. The lowest BCUT2D eigenvalue weighted by atomic mass is 10.1. The van der Waals surface area contributed by atoms with E-state index in [9.17, 15) is 0 Å². The fourth-order valence-electron chi connectivity index (χ4n) is 2.82. The second-order valence-corrected chi connectivity index (χ2v) is 6.84. The molecule has 1 saturated heterocycles. The van der Waals surface area contributed by atoms with Crippen molar-refractivity contribution < 1.29 is 0 Å². The molecule has 1 aliphatic heterocycles. The smallest absolute Gasteiger partial charge is 0.0798 e. The summed E-state index contributed by atoms with van der Waals surface area (Å²) in [5, 5.41) is 0. The van der Waals surface area contributed by atoms with Gasteiger partial charge in [0.2, 0.25) is 0 Å². The van der Waals surface area contributed by atoms with Crippen LogP contribution in [-0.4, -0.2) is 48.0 Å². The standard InChI is InChI=1S/C15H25N3S/c1-12(2)7-18-6-5-14(9-18)8-17(4)10-15-13(3)16-11-19-15/h11,14H,1,5-10H2,2-4H3/t14-/m1/s1. The van der Waals surface area contributed by atoms with Gasteiger partial charge in [0, 0.05) is 31.1 Å². The van der Waals surface area contributed by atoms with Crippen LogP contribution in [0.2, 0.25) is 0 Å². The van der Waals surface area contributed by atoms with Gasteiger partial charge >= 0.3 is 0 Å². The van der Waals surface area contributed by atoms with Crippen LogP contribution in [0.1, 0.15) is 23.9 Å². The summed E-state index contributed by atoms with van der Waals surface area (Å²) in [4.78, 5) is 10.7. The molecule has 0 spiro atoms. The molecule has 1 aliphatic rings. The van der Waals surface area contributed by atoms with E-state index in [4.69, 9.17) is 0 Å². The minimum absolute atomic E-state index is 0.803. The number of thiazole rings is 1. The van der Waals surface area contributed by atoms with Crippen LogP contribution < -0.4 is 0 Å². The normalized spacial score (nSPS) is 20.3. The van der Waals surface area contributed by atoms with Gasteiger partial charge in [0.1, 0.15) is 0 Å². The summed E-state index contributed by atoms with van der Waals surface area (Å²) >= 11 is 1.77. The van der Waals surface area contributed by atoms with Crippen molar-refractivity contribution in [2.75, 3.05) is 33.2 Å². The molecule has 0 saturated carbocycles. The van der Waals surface area contributed by atoms with Crippen molar-refractivity contribution in [1.82, 2.24) is 14.8 Å². The SMILES string of the molecule is C=C(C)CN1CC[C@H](CN(C)Cc2scnc2C)C1. The third kappa shape index (κ3) is 4.41. The first-order valence-electron chi connectivity index (χ1n) is 6.99. The lowest BCUT2D eigenvalue weighted by Crippen LogP contribution is -2.28. The summed E-state index contributed by atoms with van der Waals surface area (Å²) in [6.45, 7) is 14.0. The number of aromatic nitrogens is 1. The molecular weight excluding hydrogens is 254 g/mol. The Labute approximate surface area is 120 Å². The van der Waals surface area contributed by atoms with Gasteiger partial charge in [0.15, 0.2) is 0 Å². The fraction of sp³-hybridized carbons (Fsp3) is 0.667. The molecule has 4 heteroatoms. The zero-order valence-corrected chi connectivity index (χ0v) is 13.2. The molecule has 0 N–H and O–H groups in total. The van der Waals surface area contributed by atoms with E-state index in [0.717, 1.165) is 19.0 Å². The van der Waals surface area contributed by atoms with E-state index in [1.807, 2.05) is 5.51 Å². The predicted molar refractivity (Wildman–Crippen MR) is 82.5 cm³/mol. The van der Waals surface area contributed by atoms with Gasteiger partial charge in [-0.3, -0.25) is 4.90 Å². The molecule has 0 aliphatic carbocycles. The van der Waals surface area contributed by atoms with Crippen LogP contribution in [0, 0.1) is 12.8 Å². The topological polar surface area (TPSA) is 19.4 Å². The maximum absolute atomic E-state index is 4.32.